The second-order valence-corrected chi connectivity index (χ2v) is 6.48. The lowest BCUT2D eigenvalue weighted by Gasteiger charge is -2.31. The smallest absolute Gasteiger partial charge is 0.238 e. The van der Waals surface area contributed by atoms with E-state index in [0.717, 1.165) is 24.7 Å². The van der Waals surface area contributed by atoms with E-state index in [1.807, 2.05) is 12.1 Å². The Morgan fingerprint density at radius 1 is 1.33 bits per heavy atom. The van der Waals surface area contributed by atoms with E-state index in [1.165, 1.54) is 24.8 Å². The fourth-order valence-electron chi connectivity index (χ4n) is 2.98. The van der Waals surface area contributed by atoms with Crippen LogP contribution < -0.4 is 5.32 Å². The Morgan fingerprint density at radius 3 is 2.67 bits per heavy atom. The predicted octanol–water partition coefficient (Wildman–Crippen LogP) is 3.87. The molecule has 0 bridgehead atoms. The molecule has 3 heteroatoms. The average molecular weight is 288 g/mol. The van der Waals surface area contributed by atoms with Crippen molar-refractivity contribution in [2.75, 3.05) is 25.0 Å². The number of hydrogen-bond donors (Lipinski definition) is 1. The first-order chi connectivity index (χ1) is 10.1. The lowest BCUT2D eigenvalue weighted by Crippen LogP contribution is -2.40. The molecule has 0 aliphatic carbocycles. The molecule has 3 nitrogen and oxygen atoms in total. The number of anilines is 1. The summed E-state index contributed by atoms with van der Waals surface area (Å²) >= 11 is 0. The summed E-state index contributed by atoms with van der Waals surface area (Å²) in [7, 11) is 0. The van der Waals surface area contributed by atoms with E-state index in [1.54, 1.807) is 0 Å². The van der Waals surface area contributed by atoms with Gasteiger partial charge < -0.3 is 5.32 Å². The molecule has 1 amide bonds. The van der Waals surface area contributed by atoms with Gasteiger partial charge in [0, 0.05) is 12.2 Å². The number of amides is 1. The van der Waals surface area contributed by atoms with Gasteiger partial charge in [0.1, 0.15) is 0 Å². The van der Waals surface area contributed by atoms with Gasteiger partial charge in [-0.25, -0.2) is 0 Å². The minimum atomic E-state index is 0.101. The van der Waals surface area contributed by atoms with E-state index in [9.17, 15) is 4.79 Å². The summed E-state index contributed by atoms with van der Waals surface area (Å²) in [5.74, 6) is 1.38. The summed E-state index contributed by atoms with van der Waals surface area (Å²) in [5.41, 5.74) is 2.20. The summed E-state index contributed by atoms with van der Waals surface area (Å²) in [5, 5.41) is 3.01. The van der Waals surface area contributed by atoms with Crippen LogP contribution in [-0.2, 0) is 4.79 Å². The van der Waals surface area contributed by atoms with Gasteiger partial charge in [-0.2, -0.15) is 0 Å². The normalized spacial score (nSPS) is 19.7. The van der Waals surface area contributed by atoms with Crippen LogP contribution in [0.3, 0.4) is 0 Å². The fraction of sp³-hybridized carbons (Fsp3) is 0.611. The maximum Gasteiger partial charge on any atom is 0.238 e. The van der Waals surface area contributed by atoms with Gasteiger partial charge in [0.2, 0.25) is 5.91 Å². The standard InChI is InChI=1S/C18H28N2O/c1-4-15-6-5-11-20(12-15)13-18(21)19-17-9-7-16(8-10-17)14(2)3/h7-10,14-15H,4-6,11-13H2,1-3H3,(H,19,21). The average Bonchev–Trinajstić information content (AvgIpc) is 2.47. The van der Waals surface area contributed by atoms with Gasteiger partial charge in [-0.1, -0.05) is 39.3 Å². The second kappa shape index (κ2) is 7.60. The zero-order valence-corrected chi connectivity index (χ0v) is 13.6. The van der Waals surface area contributed by atoms with Crippen LogP contribution in [0, 0.1) is 5.92 Å². The largest absolute Gasteiger partial charge is 0.325 e. The fourth-order valence-corrected chi connectivity index (χ4v) is 2.98. The van der Waals surface area contributed by atoms with Gasteiger partial charge in [0.15, 0.2) is 0 Å². The van der Waals surface area contributed by atoms with Crippen molar-refractivity contribution in [3.63, 3.8) is 0 Å². The number of benzene rings is 1. The summed E-state index contributed by atoms with van der Waals surface area (Å²) in [6.07, 6.45) is 3.74. The van der Waals surface area contributed by atoms with Crippen molar-refractivity contribution in [3.05, 3.63) is 29.8 Å². The minimum absolute atomic E-state index is 0.101. The first-order valence-electron chi connectivity index (χ1n) is 8.20. The summed E-state index contributed by atoms with van der Waals surface area (Å²) in [4.78, 5) is 14.4. The number of likely N-dealkylation sites (tertiary alicyclic amines) is 1. The molecule has 1 heterocycles. The Labute approximate surface area is 128 Å². The monoisotopic (exact) mass is 288 g/mol. The third-order valence-corrected chi connectivity index (χ3v) is 4.41. The van der Waals surface area contributed by atoms with Crippen LogP contribution in [0.1, 0.15) is 51.5 Å². The Bertz CT molecular complexity index is 453. The predicted molar refractivity (Wildman–Crippen MR) is 88.6 cm³/mol. The van der Waals surface area contributed by atoms with Gasteiger partial charge in [-0.3, -0.25) is 9.69 Å². The number of nitrogens with one attached hydrogen (secondary N) is 1. The molecule has 1 atom stereocenters. The van der Waals surface area contributed by atoms with E-state index in [2.05, 4.69) is 43.1 Å². The van der Waals surface area contributed by atoms with Crippen molar-refractivity contribution < 1.29 is 4.79 Å². The van der Waals surface area contributed by atoms with Crippen LogP contribution in [0.4, 0.5) is 5.69 Å². The lowest BCUT2D eigenvalue weighted by molar-refractivity contribution is -0.117. The van der Waals surface area contributed by atoms with Crippen molar-refractivity contribution in [1.29, 1.82) is 0 Å². The van der Waals surface area contributed by atoms with Crippen LogP contribution in [0.2, 0.25) is 0 Å². The van der Waals surface area contributed by atoms with Crippen molar-refractivity contribution in [2.45, 2.75) is 46.0 Å². The van der Waals surface area contributed by atoms with Gasteiger partial charge in [-0.15, -0.1) is 0 Å². The molecule has 1 saturated heterocycles. The number of hydrogen-bond acceptors (Lipinski definition) is 2. The third kappa shape index (κ3) is 4.85. The molecule has 21 heavy (non-hydrogen) atoms. The molecule has 1 aromatic rings. The molecule has 1 unspecified atom stereocenters. The zero-order valence-electron chi connectivity index (χ0n) is 13.6. The number of piperidine rings is 1. The topological polar surface area (TPSA) is 32.3 Å². The molecular weight excluding hydrogens is 260 g/mol. The highest BCUT2D eigenvalue weighted by atomic mass is 16.2. The van der Waals surface area contributed by atoms with Crippen molar-refractivity contribution in [3.8, 4) is 0 Å². The molecule has 1 fully saturated rings. The third-order valence-electron chi connectivity index (χ3n) is 4.41. The Balaban J connectivity index is 1.83. The van der Waals surface area contributed by atoms with E-state index >= 15 is 0 Å². The first-order valence-corrected chi connectivity index (χ1v) is 8.20. The molecule has 0 saturated carbocycles. The summed E-state index contributed by atoms with van der Waals surface area (Å²) in [6.45, 7) is 9.22. The highest BCUT2D eigenvalue weighted by Crippen LogP contribution is 2.19. The van der Waals surface area contributed by atoms with Gasteiger partial charge in [-0.05, 0) is 48.9 Å². The van der Waals surface area contributed by atoms with Crippen LogP contribution in [-0.4, -0.2) is 30.4 Å². The van der Waals surface area contributed by atoms with Crippen LogP contribution in [0.25, 0.3) is 0 Å². The number of rotatable bonds is 5. The highest BCUT2D eigenvalue weighted by Gasteiger charge is 2.20. The lowest BCUT2D eigenvalue weighted by atomic mass is 9.96. The quantitative estimate of drug-likeness (QED) is 0.892. The Morgan fingerprint density at radius 2 is 2.05 bits per heavy atom. The van der Waals surface area contributed by atoms with Crippen LogP contribution >= 0.6 is 0 Å². The Kier molecular flexibility index (Phi) is 5.80. The Hall–Kier alpha value is -1.35. The molecule has 1 aliphatic heterocycles. The second-order valence-electron chi connectivity index (χ2n) is 6.48. The number of nitrogens with zero attached hydrogens (tertiary/aromatic N) is 1. The number of carbonyl (C=O) groups excluding carboxylic acids is 1. The van der Waals surface area contributed by atoms with E-state index in [0.29, 0.717) is 12.5 Å². The molecule has 0 radical (unpaired) electrons. The van der Waals surface area contributed by atoms with Crippen molar-refractivity contribution >= 4 is 11.6 Å². The van der Waals surface area contributed by atoms with E-state index in [4.69, 9.17) is 0 Å². The van der Waals surface area contributed by atoms with Gasteiger partial charge >= 0.3 is 0 Å². The number of carbonyl (C=O) groups is 1. The van der Waals surface area contributed by atoms with E-state index in [-0.39, 0.29) is 5.91 Å². The molecule has 2 rings (SSSR count). The maximum absolute atomic E-state index is 12.1. The molecule has 0 aromatic heterocycles. The highest BCUT2D eigenvalue weighted by molar-refractivity contribution is 5.92. The summed E-state index contributed by atoms with van der Waals surface area (Å²) in [6, 6.07) is 8.18. The molecular formula is C18H28N2O. The van der Waals surface area contributed by atoms with Crippen molar-refractivity contribution in [2.24, 2.45) is 5.92 Å². The SMILES string of the molecule is CCC1CCCN(CC(=O)Nc2ccc(C(C)C)cc2)C1. The van der Waals surface area contributed by atoms with Gasteiger partial charge in [0.25, 0.3) is 0 Å². The van der Waals surface area contributed by atoms with Crippen LogP contribution in [0.15, 0.2) is 24.3 Å². The van der Waals surface area contributed by atoms with Gasteiger partial charge in [0.05, 0.1) is 6.54 Å². The molecule has 1 aliphatic rings. The molecule has 1 aromatic carbocycles. The maximum atomic E-state index is 12.1. The summed E-state index contributed by atoms with van der Waals surface area (Å²) < 4.78 is 0. The van der Waals surface area contributed by atoms with E-state index < -0.39 is 0 Å². The minimum Gasteiger partial charge on any atom is -0.325 e. The molecule has 1 N–H and O–H groups in total. The molecule has 116 valence electrons. The zero-order chi connectivity index (χ0) is 15.2. The molecule has 0 spiro atoms. The van der Waals surface area contributed by atoms with Crippen LogP contribution in [0.5, 0.6) is 0 Å². The first kappa shape index (κ1) is 16.0. The van der Waals surface area contributed by atoms with Crippen molar-refractivity contribution in [1.82, 2.24) is 4.90 Å².